The summed E-state index contributed by atoms with van der Waals surface area (Å²) in [5.41, 5.74) is 5.22. The summed E-state index contributed by atoms with van der Waals surface area (Å²) in [5, 5.41) is 13.4. The second-order valence-electron chi connectivity index (χ2n) is 7.99. The van der Waals surface area contributed by atoms with Crippen LogP contribution < -0.4 is 10.2 Å². The lowest BCUT2D eigenvalue weighted by atomic mass is 10.0. The number of aromatic carboxylic acids is 1. The molecule has 0 bridgehead atoms. The lowest BCUT2D eigenvalue weighted by Crippen LogP contribution is -2.30. The number of thiocarbonyl (C=S) groups is 1. The Kier molecular flexibility index (Phi) is 5.40. The first kappa shape index (κ1) is 20.9. The van der Waals surface area contributed by atoms with Gasteiger partial charge in [-0.05, 0) is 79.8 Å². The molecule has 33 heavy (non-hydrogen) atoms. The van der Waals surface area contributed by atoms with Crippen LogP contribution in [0.3, 0.4) is 0 Å². The molecule has 0 amide bonds. The molecule has 7 heteroatoms. The first-order chi connectivity index (χ1) is 16.0. The quantitative estimate of drug-likeness (QED) is 0.411. The molecule has 4 aromatic rings. The number of carboxylic acids is 1. The monoisotopic (exact) mass is 454 g/mol. The summed E-state index contributed by atoms with van der Waals surface area (Å²) in [7, 11) is 0. The molecule has 0 spiro atoms. The lowest BCUT2D eigenvalue weighted by Gasteiger charge is -2.29. The van der Waals surface area contributed by atoms with E-state index < -0.39 is 5.97 Å². The first-order valence-corrected chi connectivity index (χ1v) is 11.0. The molecule has 6 nitrogen and oxygen atoms in total. The molecule has 1 saturated heterocycles. The zero-order chi connectivity index (χ0) is 22.9. The Morgan fingerprint density at radius 1 is 0.970 bits per heavy atom. The number of rotatable bonds is 5. The second kappa shape index (κ2) is 8.52. The molecule has 2 aromatic carbocycles. The van der Waals surface area contributed by atoms with Gasteiger partial charge in [0.1, 0.15) is 6.04 Å². The molecule has 2 aromatic heterocycles. The van der Waals surface area contributed by atoms with Crippen molar-refractivity contribution in [3.8, 4) is 5.69 Å². The number of anilines is 1. The fourth-order valence-electron chi connectivity index (χ4n) is 4.27. The van der Waals surface area contributed by atoms with Crippen LogP contribution in [0.25, 0.3) is 5.69 Å². The van der Waals surface area contributed by atoms with Crippen molar-refractivity contribution in [2.45, 2.75) is 19.0 Å². The van der Waals surface area contributed by atoms with Crippen molar-refractivity contribution in [1.82, 2.24) is 14.9 Å². The van der Waals surface area contributed by atoms with Gasteiger partial charge in [0.15, 0.2) is 5.11 Å². The Labute approximate surface area is 197 Å². The van der Waals surface area contributed by atoms with E-state index in [0.29, 0.717) is 5.11 Å². The highest BCUT2D eigenvalue weighted by atomic mass is 32.1. The Morgan fingerprint density at radius 3 is 2.36 bits per heavy atom. The molecule has 164 valence electrons. The van der Waals surface area contributed by atoms with E-state index in [1.165, 1.54) is 5.56 Å². The van der Waals surface area contributed by atoms with Gasteiger partial charge in [-0.25, -0.2) is 4.79 Å². The highest BCUT2D eigenvalue weighted by Crippen LogP contribution is 2.42. The number of hydrogen-bond acceptors (Lipinski definition) is 3. The molecule has 0 unspecified atom stereocenters. The molecule has 1 aliphatic rings. The van der Waals surface area contributed by atoms with Crippen LogP contribution in [-0.4, -0.2) is 25.7 Å². The summed E-state index contributed by atoms with van der Waals surface area (Å²) >= 11 is 5.80. The first-order valence-electron chi connectivity index (χ1n) is 10.6. The van der Waals surface area contributed by atoms with Crippen molar-refractivity contribution in [3.05, 3.63) is 114 Å². The molecular weight excluding hydrogens is 432 g/mol. The summed E-state index contributed by atoms with van der Waals surface area (Å²) in [6.45, 7) is 2.06. The third-order valence-corrected chi connectivity index (χ3v) is 6.20. The van der Waals surface area contributed by atoms with Gasteiger partial charge < -0.3 is 19.9 Å². The molecular formula is C26H22N4O2S. The van der Waals surface area contributed by atoms with Crippen LogP contribution in [-0.2, 0) is 0 Å². The summed E-state index contributed by atoms with van der Waals surface area (Å²) in [4.78, 5) is 18.0. The van der Waals surface area contributed by atoms with Gasteiger partial charge in [-0.15, -0.1) is 0 Å². The highest BCUT2D eigenvalue weighted by molar-refractivity contribution is 7.80. The van der Waals surface area contributed by atoms with E-state index in [-0.39, 0.29) is 17.6 Å². The minimum Gasteiger partial charge on any atom is -0.478 e. The standard InChI is InChI=1S/C26H22N4O2S/c1-17-7-11-20(12-8-17)30-24(23(28-26(30)33)21-5-2-3-15-27-21)22-6-4-16-29(22)19-13-9-18(10-14-19)25(31)32/h2-16,23-24H,1H3,(H,28,33)(H,31,32)/t23-,24+/m1/s1. The summed E-state index contributed by atoms with van der Waals surface area (Å²) in [5.74, 6) is -0.944. The topological polar surface area (TPSA) is 70.4 Å². The molecule has 0 aliphatic carbocycles. The van der Waals surface area contributed by atoms with Crippen molar-refractivity contribution < 1.29 is 9.90 Å². The van der Waals surface area contributed by atoms with Crippen molar-refractivity contribution in [2.24, 2.45) is 0 Å². The predicted molar refractivity (Wildman–Crippen MR) is 132 cm³/mol. The van der Waals surface area contributed by atoms with Crippen LogP contribution >= 0.6 is 12.2 Å². The van der Waals surface area contributed by atoms with Crippen LogP contribution in [0, 0.1) is 6.92 Å². The van der Waals surface area contributed by atoms with Gasteiger partial charge in [-0.1, -0.05) is 23.8 Å². The van der Waals surface area contributed by atoms with Crippen molar-refractivity contribution in [3.63, 3.8) is 0 Å². The number of nitrogens with zero attached hydrogens (tertiary/aromatic N) is 3. The smallest absolute Gasteiger partial charge is 0.335 e. The molecule has 5 rings (SSSR count). The van der Waals surface area contributed by atoms with Gasteiger partial charge in [0.25, 0.3) is 0 Å². The minimum absolute atomic E-state index is 0.160. The van der Waals surface area contributed by atoms with Gasteiger partial charge in [0, 0.05) is 29.5 Å². The average Bonchev–Trinajstić information content (AvgIpc) is 3.44. The maximum absolute atomic E-state index is 11.3. The number of benzene rings is 2. The fourth-order valence-corrected chi connectivity index (χ4v) is 4.62. The maximum Gasteiger partial charge on any atom is 0.335 e. The van der Waals surface area contributed by atoms with E-state index >= 15 is 0 Å². The number of aryl methyl sites for hydroxylation is 1. The van der Waals surface area contributed by atoms with E-state index in [4.69, 9.17) is 12.2 Å². The molecule has 1 fully saturated rings. The fraction of sp³-hybridized carbons (Fsp3) is 0.115. The van der Waals surface area contributed by atoms with Crippen LogP contribution in [0.5, 0.6) is 0 Å². The summed E-state index contributed by atoms with van der Waals surface area (Å²) < 4.78 is 2.07. The molecule has 2 atom stereocenters. The molecule has 3 heterocycles. The number of pyridine rings is 1. The SMILES string of the molecule is Cc1ccc(N2C(=S)N[C@H](c3ccccn3)[C@@H]2c2cccn2-c2ccc(C(=O)O)cc2)cc1. The average molecular weight is 455 g/mol. The second-order valence-corrected chi connectivity index (χ2v) is 8.37. The van der Waals surface area contributed by atoms with E-state index in [2.05, 4.69) is 57.0 Å². The number of carboxylic acid groups (broad SMARTS) is 1. The van der Waals surface area contributed by atoms with Gasteiger partial charge >= 0.3 is 5.97 Å². The van der Waals surface area contributed by atoms with Crippen molar-refractivity contribution in [1.29, 1.82) is 0 Å². The molecule has 0 radical (unpaired) electrons. The number of hydrogen-bond donors (Lipinski definition) is 2. The normalized spacial score (nSPS) is 17.7. The van der Waals surface area contributed by atoms with Gasteiger partial charge in [-0.3, -0.25) is 4.98 Å². The molecule has 1 aliphatic heterocycles. The Bertz CT molecular complexity index is 1300. The number of aromatic nitrogens is 2. The third kappa shape index (κ3) is 3.87. The Balaban J connectivity index is 1.63. The van der Waals surface area contributed by atoms with Gasteiger partial charge in [0.05, 0.1) is 17.3 Å². The van der Waals surface area contributed by atoms with Gasteiger partial charge in [-0.2, -0.15) is 0 Å². The van der Waals surface area contributed by atoms with E-state index in [0.717, 1.165) is 22.8 Å². The number of nitrogens with one attached hydrogen (secondary N) is 1. The molecule has 2 N–H and O–H groups in total. The van der Waals surface area contributed by atoms with Gasteiger partial charge in [0.2, 0.25) is 0 Å². The van der Waals surface area contributed by atoms with Crippen LogP contribution in [0.2, 0.25) is 0 Å². The summed E-state index contributed by atoms with van der Waals surface area (Å²) in [6.07, 6.45) is 3.77. The predicted octanol–water partition coefficient (Wildman–Crippen LogP) is 5.06. The van der Waals surface area contributed by atoms with E-state index in [1.54, 1.807) is 18.3 Å². The number of carbonyl (C=O) groups is 1. The van der Waals surface area contributed by atoms with Crippen molar-refractivity contribution >= 4 is 29.0 Å². The molecule has 0 saturated carbocycles. The Morgan fingerprint density at radius 2 is 1.70 bits per heavy atom. The summed E-state index contributed by atoms with van der Waals surface area (Å²) in [6, 6.07) is 24.8. The van der Waals surface area contributed by atoms with E-state index in [1.807, 2.05) is 42.6 Å². The zero-order valence-electron chi connectivity index (χ0n) is 17.9. The largest absolute Gasteiger partial charge is 0.478 e. The maximum atomic E-state index is 11.3. The lowest BCUT2D eigenvalue weighted by molar-refractivity contribution is 0.0697. The van der Waals surface area contributed by atoms with E-state index in [9.17, 15) is 9.90 Å². The van der Waals surface area contributed by atoms with Crippen LogP contribution in [0.4, 0.5) is 5.69 Å². The van der Waals surface area contributed by atoms with Crippen LogP contribution in [0.15, 0.2) is 91.3 Å². The van der Waals surface area contributed by atoms with Crippen molar-refractivity contribution in [2.75, 3.05) is 4.90 Å². The zero-order valence-corrected chi connectivity index (χ0v) is 18.7. The Hall–Kier alpha value is -3.97. The minimum atomic E-state index is -0.944. The third-order valence-electron chi connectivity index (χ3n) is 5.89. The highest BCUT2D eigenvalue weighted by Gasteiger charge is 2.42. The van der Waals surface area contributed by atoms with Crippen LogP contribution in [0.1, 0.15) is 39.4 Å².